The third kappa shape index (κ3) is 2.89. The molecule has 0 radical (unpaired) electrons. The largest absolute Gasteiger partial charge is 0.481 e. The van der Waals surface area contributed by atoms with Gasteiger partial charge < -0.3 is 5.11 Å². The Morgan fingerprint density at radius 3 is 2.24 bits per heavy atom. The Hall–Kier alpha value is -1.97. The van der Waals surface area contributed by atoms with Crippen LogP contribution in [-0.2, 0) is 10.7 Å². The van der Waals surface area contributed by atoms with Gasteiger partial charge in [0.15, 0.2) is 0 Å². The molecule has 2 aromatic rings. The summed E-state index contributed by atoms with van der Waals surface area (Å²) in [7, 11) is 0. The molecule has 0 fully saturated rings. The number of aliphatic carboxylic acids is 1. The number of hydrogen-bond donors (Lipinski definition) is 1. The molecule has 1 N–H and O–H groups in total. The third-order valence-corrected chi connectivity index (χ3v) is 3.78. The molecular formula is C17H18F2O2. The molecule has 2 rings (SSSR count). The summed E-state index contributed by atoms with van der Waals surface area (Å²) in [5.41, 5.74) is -0.684. The fourth-order valence-electron chi connectivity index (χ4n) is 2.49. The van der Waals surface area contributed by atoms with Crippen molar-refractivity contribution in [1.29, 1.82) is 0 Å². The summed E-state index contributed by atoms with van der Waals surface area (Å²) in [4.78, 5) is 11.1. The van der Waals surface area contributed by atoms with Crippen molar-refractivity contribution in [3.05, 3.63) is 47.5 Å². The average Bonchev–Trinajstić information content (AvgIpc) is 2.37. The maximum Gasteiger partial charge on any atom is 0.309 e. The van der Waals surface area contributed by atoms with Crippen molar-refractivity contribution < 1.29 is 18.7 Å². The van der Waals surface area contributed by atoms with Crippen LogP contribution in [0.25, 0.3) is 10.8 Å². The van der Waals surface area contributed by atoms with Gasteiger partial charge in [-0.05, 0) is 37.1 Å². The first kappa shape index (κ1) is 15.4. The number of alkyl halides is 2. The average molecular weight is 292 g/mol. The molecule has 2 nitrogen and oxygen atoms in total. The van der Waals surface area contributed by atoms with Gasteiger partial charge in [-0.3, -0.25) is 4.79 Å². The highest BCUT2D eigenvalue weighted by atomic mass is 19.3. The Balaban J connectivity index is 2.55. The first-order chi connectivity index (χ1) is 9.65. The van der Waals surface area contributed by atoms with Crippen LogP contribution in [0.3, 0.4) is 0 Å². The van der Waals surface area contributed by atoms with Crippen molar-refractivity contribution in [3.8, 4) is 0 Å². The van der Waals surface area contributed by atoms with Crippen LogP contribution in [0.2, 0.25) is 0 Å². The molecule has 2 aromatic carbocycles. The van der Waals surface area contributed by atoms with E-state index in [2.05, 4.69) is 0 Å². The second kappa shape index (κ2) is 5.10. The summed E-state index contributed by atoms with van der Waals surface area (Å²) in [6.45, 7) is 4.50. The van der Waals surface area contributed by atoms with Crippen molar-refractivity contribution in [3.63, 3.8) is 0 Å². The fourth-order valence-corrected chi connectivity index (χ4v) is 2.49. The highest BCUT2D eigenvalue weighted by Gasteiger charge is 2.43. The Morgan fingerprint density at radius 2 is 1.67 bits per heavy atom. The monoisotopic (exact) mass is 292 g/mol. The molecule has 0 aliphatic rings. The summed E-state index contributed by atoms with van der Waals surface area (Å²) in [5, 5.41) is 10.3. The number of carboxylic acid groups (broad SMARTS) is 1. The summed E-state index contributed by atoms with van der Waals surface area (Å²) in [5.74, 6) is -4.42. The van der Waals surface area contributed by atoms with Crippen LogP contribution >= 0.6 is 0 Å². The Morgan fingerprint density at radius 1 is 1.10 bits per heavy atom. The first-order valence-electron chi connectivity index (χ1n) is 6.75. The third-order valence-electron chi connectivity index (χ3n) is 3.78. The molecule has 0 bridgehead atoms. The summed E-state index contributed by atoms with van der Waals surface area (Å²) >= 11 is 0. The SMILES string of the molecule is Cc1ccc(C(F)(F)CC(C)(C)C(=O)O)c2ccccc12. The maximum atomic E-state index is 14.6. The zero-order valence-corrected chi connectivity index (χ0v) is 12.3. The summed E-state index contributed by atoms with van der Waals surface area (Å²) in [6.07, 6.45) is -0.734. The predicted octanol–water partition coefficient (Wildman–Crippen LogP) is 4.74. The van der Waals surface area contributed by atoms with Gasteiger partial charge in [0.25, 0.3) is 5.92 Å². The van der Waals surface area contributed by atoms with Crippen LogP contribution in [0.1, 0.15) is 31.4 Å². The van der Waals surface area contributed by atoms with Crippen molar-refractivity contribution in [2.45, 2.75) is 33.1 Å². The molecule has 0 amide bonds. The predicted molar refractivity (Wildman–Crippen MR) is 78.6 cm³/mol. The Kier molecular flexibility index (Phi) is 3.74. The molecule has 4 heteroatoms. The van der Waals surface area contributed by atoms with E-state index in [0.29, 0.717) is 5.39 Å². The molecule has 0 atom stereocenters. The molecule has 0 aliphatic heterocycles. The molecule has 0 saturated heterocycles. The number of fused-ring (bicyclic) bond motifs is 1. The molecular weight excluding hydrogens is 274 g/mol. The number of benzene rings is 2. The summed E-state index contributed by atoms with van der Waals surface area (Å²) < 4.78 is 29.2. The highest BCUT2D eigenvalue weighted by Crippen LogP contribution is 2.42. The summed E-state index contributed by atoms with van der Waals surface area (Å²) in [6, 6.07) is 10.0. The number of hydrogen-bond acceptors (Lipinski definition) is 1. The lowest BCUT2D eigenvalue weighted by Crippen LogP contribution is -2.31. The van der Waals surface area contributed by atoms with Gasteiger partial charge in [0, 0.05) is 12.0 Å². The lowest BCUT2D eigenvalue weighted by molar-refractivity contribution is -0.153. The second-order valence-electron chi connectivity index (χ2n) is 6.05. The molecule has 0 spiro atoms. The molecule has 21 heavy (non-hydrogen) atoms. The van der Waals surface area contributed by atoms with Crippen molar-refractivity contribution in [2.75, 3.05) is 0 Å². The quantitative estimate of drug-likeness (QED) is 0.883. The lowest BCUT2D eigenvalue weighted by atomic mass is 9.83. The minimum Gasteiger partial charge on any atom is -0.481 e. The Bertz CT molecular complexity index is 690. The first-order valence-corrected chi connectivity index (χ1v) is 6.75. The standard InChI is InChI=1S/C17H18F2O2/c1-11-8-9-14(13-7-5-4-6-12(11)13)17(18,19)10-16(2,3)15(20)21/h4-9H,10H2,1-3H3,(H,20,21). The molecule has 0 aliphatic carbocycles. The number of rotatable bonds is 4. The molecule has 0 saturated carbocycles. The normalized spacial score (nSPS) is 12.6. The van der Waals surface area contributed by atoms with Crippen LogP contribution in [0.4, 0.5) is 8.78 Å². The minimum atomic E-state index is -3.20. The number of halogens is 2. The van der Waals surface area contributed by atoms with Gasteiger partial charge in [0.1, 0.15) is 0 Å². The van der Waals surface area contributed by atoms with Crippen molar-refractivity contribution in [2.24, 2.45) is 5.41 Å². The van der Waals surface area contributed by atoms with Gasteiger partial charge in [0.05, 0.1) is 5.41 Å². The van der Waals surface area contributed by atoms with Gasteiger partial charge in [-0.1, -0.05) is 36.4 Å². The van der Waals surface area contributed by atoms with Crippen LogP contribution in [0.5, 0.6) is 0 Å². The van der Waals surface area contributed by atoms with Crippen LogP contribution in [0.15, 0.2) is 36.4 Å². The van der Waals surface area contributed by atoms with E-state index in [1.54, 1.807) is 30.3 Å². The van der Waals surface area contributed by atoms with Crippen LogP contribution in [0, 0.1) is 12.3 Å². The highest BCUT2D eigenvalue weighted by molar-refractivity contribution is 5.89. The van der Waals surface area contributed by atoms with E-state index < -0.39 is 23.7 Å². The zero-order valence-electron chi connectivity index (χ0n) is 12.3. The minimum absolute atomic E-state index is 0.113. The second-order valence-corrected chi connectivity index (χ2v) is 6.05. The van der Waals surface area contributed by atoms with E-state index in [4.69, 9.17) is 5.11 Å². The van der Waals surface area contributed by atoms with E-state index in [0.717, 1.165) is 10.9 Å². The van der Waals surface area contributed by atoms with Gasteiger partial charge in [-0.25, -0.2) is 8.78 Å². The zero-order chi connectivity index (χ0) is 15.8. The van der Waals surface area contributed by atoms with Gasteiger partial charge in [0.2, 0.25) is 0 Å². The fraction of sp³-hybridized carbons (Fsp3) is 0.353. The van der Waals surface area contributed by atoms with Crippen molar-refractivity contribution in [1.82, 2.24) is 0 Å². The van der Waals surface area contributed by atoms with Crippen LogP contribution in [-0.4, -0.2) is 11.1 Å². The van der Waals surface area contributed by atoms with Gasteiger partial charge in [-0.2, -0.15) is 0 Å². The van der Waals surface area contributed by atoms with Crippen molar-refractivity contribution >= 4 is 16.7 Å². The number of carboxylic acids is 1. The Labute approximate surface area is 122 Å². The van der Waals surface area contributed by atoms with E-state index in [1.165, 1.54) is 19.9 Å². The number of carbonyl (C=O) groups is 1. The van der Waals surface area contributed by atoms with Gasteiger partial charge in [-0.15, -0.1) is 0 Å². The molecule has 112 valence electrons. The van der Waals surface area contributed by atoms with E-state index in [1.807, 2.05) is 6.92 Å². The van der Waals surface area contributed by atoms with E-state index in [9.17, 15) is 13.6 Å². The van der Waals surface area contributed by atoms with Gasteiger partial charge >= 0.3 is 5.97 Å². The molecule has 0 unspecified atom stereocenters. The molecule has 0 heterocycles. The molecule has 0 aromatic heterocycles. The van der Waals surface area contributed by atoms with E-state index in [-0.39, 0.29) is 5.56 Å². The smallest absolute Gasteiger partial charge is 0.309 e. The number of aryl methyl sites for hydroxylation is 1. The topological polar surface area (TPSA) is 37.3 Å². The van der Waals surface area contributed by atoms with Crippen LogP contribution < -0.4 is 0 Å². The maximum absolute atomic E-state index is 14.6. The lowest BCUT2D eigenvalue weighted by Gasteiger charge is -2.27. The van der Waals surface area contributed by atoms with E-state index >= 15 is 0 Å².